The fourth-order valence-corrected chi connectivity index (χ4v) is 4.64. The van der Waals surface area contributed by atoms with Crippen molar-refractivity contribution < 1.29 is 17.9 Å². The summed E-state index contributed by atoms with van der Waals surface area (Å²) in [6, 6.07) is 12.8. The maximum Gasteiger partial charge on any atom is 0.282 e. The fraction of sp³-hybridized carbons (Fsp3) is 0.100. The van der Waals surface area contributed by atoms with Gasteiger partial charge in [0.15, 0.2) is 5.16 Å². The summed E-state index contributed by atoms with van der Waals surface area (Å²) in [6.45, 7) is 2.33. The molecule has 8 nitrogen and oxygen atoms in total. The van der Waals surface area contributed by atoms with Crippen LogP contribution >= 0.6 is 11.8 Å². The Labute approximate surface area is 177 Å². The minimum Gasteiger partial charge on any atom is -0.494 e. The minimum absolute atomic E-state index is 0.0330. The lowest BCUT2D eigenvalue weighted by molar-refractivity contribution is 0.104. The molecule has 10 heteroatoms. The minimum atomic E-state index is -4.01. The number of fused-ring (bicyclic) bond motifs is 1. The zero-order chi connectivity index (χ0) is 21.1. The number of benzene rings is 2. The number of aromatic amines is 1. The third kappa shape index (κ3) is 4.05. The number of rotatable bonds is 6. The van der Waals surface area contributed by atoms with Crippen LogP contribution in [0.4, 0.5) is 0 Å². The molecule has 0 saturated heterocycles. The Morgan fingerprint density at radius 2 is 1.83 bits per heavy atom. The largest absolute Gasteiger partial charge is 0.494 e. The topological polar surface area (TPSA) is 114 Å². The number of nitrogens with one attached hydrogen (secondary N) is 1. The average molecular weight is 441 g/mol. The number of ketones is 1. The van der Waals surface area contributed by atoms with Crippen LogP contribution in [-0.4, -0.2) is 41.7 Å². The quantitative estimate of drug-likeness (QED) is 0.626. The number of hydrogen-bond acceptors (Lipinski definition) is 7. The summed E-state index contributed by atoms with van der Waals surface area (Å²) in [7, 11) is -4.01. The second-order valence-corrected chi connectivity index (χ2v) is 8.77. The second kappa shape index (κ2) is 8.25. The Morgan fingerprint density at radius 3 is 2.50 bits per heavy atom. The highest BCUT2D eigenvalue weighted by Crippen LogP contribution is 2.32. The van der Waals surface area contributed by atoms with Gasteiger partial charge in [-0.1, -0.05) is 24.3 Å². The molecular formula is C20H16N4O4S2. The van der Waals surface area contributed by atoms with Gasteiger partial charge in [0, 0.05) is 11.1 Å². The van der Waals surface area contributed by atoms with E-state index in [1.165, 1.54) is 24.5 Å². The molecular weight excluding hydrogens is 424 g/mol. The van der Waals surface area contributed by atoms with Crippen LogP contribution in [0, 0.1) is 0 Å². The molecule has 152 valence electrons. The van der Waals surface area contributed by atoms with E-state index in [1.807, 2.05) is 6.92 Å². The number of carbonyl (C=O) groups is 1. The number of hydrogen-bond donors (Lipinski definition) is 1. The van der Waals surface area contributed by atoms with Crippen molar-refractivity contribution in [1.29, 1.82) is 0 Å². The zero-order valence-electron chi connectivity index (χ0n) is 15.8. The molecule has 30 heavy (non-hydrogen) atoms. The normalized spacial score (nSPS) is 15.0. The van der Waals surface area contributed by atoms with E-state index in [0.717, 1.165) is 11.8 Å². The summed E-state index contributed by atoms with van der Waals surface area (Å²) >= 11 is 1.07. The maximum atomic E-state index is 12.9. The number of carbonyl (C=O) groups excluding carboxylic acids is 1. The summed E-state index contributed by atoms with van der Waals surface area (Å²) in [4.78, 5) is 17.2. The van der Waals surface area contributed by atoms with Crippen LogP contribution in [0.5, 0.6) is 5.75 Å². The van der Waals surface area contributed by atoms with Crippen LogP contribution in [0.1, 0.15) is 22.8 Å². The molecule has 0 amide bonds. The number of thioether (sulfide) groups is 1. The third-order valence-electron chi connectivity index (χ3n) is 4.19. The number of Topliss-reactive ketones (excluding diaryl/α,β-unsaturated/α-hetero) is 1. The lowest BCUT2D eigenvalue weighted by atomic mass is 9.94. The van der Waals surface area contributed by atoms with Gasteiger partial charge in [0.25, 0.3) is 10.0 Å². The van der Waals surface area contributed by atoms with Crippen molar-refractivity contribution in [3.8, 4) is 5.75 Å². The van der Waals surface area contributed by atoms with Crippen LogP contribution in [0.2, 0.25) is 0 Å². The molecule has 0 fully saturated rings. The molecule has 1 aliphatic rings. The van der Waals surface area contributed by atoms with Crippen LogP contribution in [-0.2, 0) is 10.0 Å². The molecule has 0 saturated carbocycles. The van der Waals surface area contributed by atoms with Gasteiger partial charge in [-0.3, -0.25) is 9.89 Å². The first-order chi connectivity index (χ1) is 14.5. The van der Waals surface area contributed by atoms with Crippen molar-refractivity contribution in [2.45, 2.75) is 17.0 Å². The first-order valence-corrected chi connectivity index (χ1v) is 11.2. The van der Waals surface area contributed by atoms with Gasteiger partial charge >= 0.3 is 0 Å². The highest BCUT2D eigenvalue weighted by atomic mass is 32.2. The van der Waals surface area contributed by atoms with Crippen molar-refractivity contribution in [3.63, 3.8) is 0 Å². The maximum absolute atomic E-state index is 12.9. The van der Waals surface area contributed by atoms with E-state index in [-0.39, 0.29) is 16.4 Å². The van der Waals surface area contributed by atoms with E-state index in [1.54, 1.807) is 36.4 Å². The molecule has 0 atom stereocenters. The van der Waals surface area contributed by atoms with Crippen LogP contribution in [0.15, 0.2) is 80.3 Å². The van der Waals surface area contributed by atoms with Crippen LogP contribution in [0.25, 0.3) is 0 Å². The summed E-state index contributed by atoms with van der Waals surface area (Å²) in [5.74, 6) is 0.341. The molecule has 0 unspecified atom stereocenters. The average Bonchev–Trinajstić information content (AvgIpc) is 3.25. The third-order valence-corrected chi connectivity index (χ3v) is 6.41. The van der Waals surface area contributed by atoms with E-state index >= 15 is 0 Å². The molecule has 1 heterocycles. The van der Waals surface area contributed by atoms with Crippen molar-refractivity contribution in [1.82, 2.24) is 15.2 Å². The molecule has 0 radical (unpaired) electrons. The number of aromatic nitrogens is 3. The highest BCUT2D eigenvalue weighted by molar-refractivity contribution is 8.04. The molecule has 2 aromatic carbocycles. The van der Waals surface area contributed by atoms with Crippen molar-refractivity contribution >= 4 is 33.3 Å². The standard InChI is InChI=1S/C20H16N4O4S2/c1-2-28-13-7-9-14(10-8-13)30(26,27)24-17-11-18(29-20-21-12-22-23-20)19(25)16-6-4-3-5-15(16)17/h3-12H,2H2,1H3,(H,21,22,23). The number of ether oxygens (including phenoxy) is 1. The Balaban J connectivity index is 1.76. The molecule has 1 aliphatic carbocycles. The zero-order valence-corrected chi connectivity index (χ0v) is 17.4. The first kappa shape index (κ1) is 20.0. The van der Waals surface area contributed by atoms with Crippen molar-refractivity contribution in [2.24, 2.45) is 4.40 Å². The van der Waals surface area contributed by atoms with Crippen molar-refractivity contribution in [2.75, 3.05) is 6.61 Å². The highest BCUT2D eigenvalue weighted by Gasteiger charge is 2.27. The van der Waals surface area contributed by atoms with Gasteiger partial charge < -0.3 is 4.74 Å². The molecule has 1 N–H and O–H groups in total. The summed E-state index contributed by atoms with van der Waals surface area (Å²) in [5.41, 5.74) is 1.02. The molecule has 0 spiro atoms. The van der Waals surface area contributed by atoms with Gasteiger partial charge in [-0.15, -0.1) is 0 Å². The first-order valence-electron chi connectivity index (χ1n) is 8.95. The van der Waals surface area contributed by atoms with E-state index in [4.69, 9.17) is 4.74 Å². The van der Waals surface area contributed by atoms with Crippen LogP contribution < -0.4 is 4.74 Å². The van der Waals surface area contributed by atoms with Gasteiger partial charge in [-0.2, -0.15) is 17.9 Å². The summed E-state index contributed by atoms with van der Waals surface area (Å²) < 4.78 is 35.2. The predicted molar refractivity (Wildman–Crippen MR) is 112 cm³/mol. The molecule has 3 aromatic rings. The fourth-order valence-electron chi connectivity index (χ4n) is 2.86. The Hall–Kier alpha value is -3.24. The molecule has 0 aliphatic heterocycles. The van der Waals surface area contributed by atoms with E-state index in [0.29, 0.717) is 33.5 Å². The van der Waals surface area contributed by atoms with E-state index < -0.39 is 10.0 Å². The smallest absolute Gasteiger partial charge is 0.282 e. The number of nitrogens with zero attached hydrogens (tertiary/aromatic N) is 3. The predicted octanol–water partition coefficient (Wildman–Crippen LogP) is 3.25. The second-order valence-electron chi connectivity index (χ2n) is 6.13. The lowest BCUT2D eigenvalue weighted by Gasteiger charge is -2.16. The molecule has 0 bridgehead atoms. The molecule has 1 aromatic heterocycles. The Bertz CT molecular complexity index is 1250. The van der Waals surface area contributed by atoms with E-state index in [9.17, 15) is 13.2 Å². The summed E-state index contributed by atoms with van der Waals surface area (Å²) in [5, 5.41) is 6.86. The van der Waals surface area contributed by atoms with Gasteiger partial charge in [-0.25, -0.2) is 4.98 Å². The Morgan fingerprint density at radius 1 is 1.10 bits per heavy atom. The van der Waals surface area contributed by atoms with Crippen molar-refractivity contribution in [3.05, 3.63) is 77.0 Å². The van der Waals surface area contributed by atoms with Gasteiger partial charge in [-0.05, 0) is 49.0 Å². The van der Waals surface area contributed by atoms with Gasteiger partial charge in [0.05, 0.1) is 22.1 Å². The number of allylic oxidation sites excluding steroid dienone is 2. The van der Waals surface area contributed by atoms with Gasteiger partial charge in [0.2, 0.25) is 5.78 Å². The van der Waals surface area contributed by atoms with Gasteiger partial charge in [0.1, 0.15) is 12.1 Å². The SMILES string of the molecule is CCOc1ccc(S(=O)(=O)N=C2C=C(Sc3ncn[nH]3)C(=O)c3ccccc32)cc1. The lowest BCUT2D eigenvalue weighted by Crippen LogP contribution is -2.17. The number of H-pyrrole nitrogens is 1. The molecule has 4 rings (SSSR count). The summed E-state index contributed by atoms with van der Waals surface area (Å²) in [6.07, 6.45) is 2.79. The van der Waals surface area contributed by atoms with E-state index in [2.05, 4.69) is 19.6 Å². The van der Waals surface area contributed by atoms with Crippen LogP contribution in [0.3, 0.4) is 0 Å². The Kier molecular flexibility index (Phi) is 5.51. The number of sulfonamides is 1. The monoisotopic (exact) mass is 440 g/mol.